The van der Waals surface area contributed by atoms with Crippen LogP contribution in [0.2, 0.25) is 0 Å². The molecule has 2 heterocycles. The van der Waals surface area contributed by atoms with Gasteiger partial charge in [-0.1, -0.05) is 42.1 Å². The van der Waals surface area contributed by atoms with Crippen LogP contribution in [-0.4, -0.2) is 19.5 Å². The van der Waals surface area contributed by atoms with E-state index in [0.717, 1.165) is 26.6 Å². The first-order chi connectivity index (χ1) is 11.8. The van der Waals surface area contributed by atoms with E-state index in [1.807, 2.05) is 34.9 Å². The van der Waals surface area contributed by atoms with Crippen molar-refractivity contribution in [3.8, 4) is 0 Å². The van der Waals surface area contributed by atoms with E-state index in [1.165, 1.54) is 12.1 Å². The van der Waals surface area contributed by atoms with Crippen molar-refractivity contribution >= 4 is 22.9 Å². The normalized spacial score (nSPS) is 11.0. The Kier molecular flexibility index (Phi) is 3.96. The summed E-state index contributed by atoms with van der Waals surface area (Å²) in [6.07, 6.45) is 3.30. The molecule has 0 spiro atoms. The van der Waals surface area contributed by atoms with Crippen LogP contribution in [0.5, 0.6) is 0 Å². The number of benzene rings is 2. The number of aromatic nitrogens is 4. The lowest BCUT2D eigenvalue weighted by Crippen LogP contribution is -1.99. The van der Waals surface area contributed by atoms with Crippen molar-refractivity contribution in [1.29, 1.82) is 0 Å². The molecule has 4 aromatic rings. The second-order valence-electron chi connectivity index (χ2n) is 5.27. The number of hydrogen-bond acceptors (Lipinski definition) is 4. The van der Waals surface area contributed by atoms with Crippen LogP contribution in [0.15, 0.2) is 77.2 Å². The second-order valence-corrected chi connectivity index (χ2v) is 6.33. The summed E-state index contributed by atoms with van der Waals surface area (Å²) < 4.78 is 15.0. The van der Waals surface area contributed by atoms with Crippen molar-refractivity contribution in [2.45, 2.75) is 16.5 Å². The van der Waals surface area contributed by atoms with Crippen molar-refractivity contribution < 1.29 is 4.39 Å². The minimum atomic E-state index is -0.238. The summed E-state index contributed by atoms with van der Waals surface area (Å²) in [7, 11) is 0. The van der Waals surface area contributed by atoms with E-state index in [4.69, 9.17) is 0 Å². The first kappa shape index (κ1) is 14.8. The molecular formula is C18H13FN4S. The monoisotopic (exact) mass is 336 g/mol. The molecule has 0 aliphatic heterocycles. The van der Waals surface area contributed by atoms with Gasteiger partial charge in [0.05, 0.1) is 12.9 Å². The van der Waals surface area contributed by atoms with Crippen LogP contribution >= 0.6 is 11.8 Å². The van der Waals surface area contributed by atoms with E-state index in [1.54, 1.807) is 36.5 Å². The van der Waals surface area contributed by atoms with Gasteiger partial charge in [-0.3, -0.25) is 0 Å². The molecule has 0 atom stereocenters. The molecule has 24 heavy (non-hydrogen) atoms. The van der Waals surface area contributed by atoms with Gasteiger partial charge in [0.2, 0.25) is 0 Å². The maximum atomic E-state index is 13.0. The molecule has 0 N–H and O–H groups in total. The molecule has 0 saturated heterocycles. The van der Waals surface area contributed by atoms with Gasteiger partial charge in [0.15, 0.2) is 5.65 Å². The van der Waals surface area contributed by atoms with E-state index in [2.05, 4.69) is 15.0 Å². The van der Waals surface area contributed by atoms with Gasteiger partial charge >= 0.3 is 0 Å². The summed E-state index contributed by atoms with van der Waals surface area (Å²) in [4.78, 5) is 14.3. The van der Waals surface area contributed by atoms with Gasteiger partial charge in [-0.05, 0) is 29.8 Å². The quantitative estimate of drug-likeness (QED) is 0.525. The summed E-state index contributed by atoms with van der Waals surface area (Å²) in [6, 6.07) is 16.5. The van der Waals surface area contributed by atoms with E-state index >= 15 is 0 Å². The molecule has 0 bridgehead atoms. The molecule has 6 heteroatoms. The van der Waals surface area contributed by atoms with E-state index in [-0.39, 0.29) is 5.82 Å². The highest BCUT2D eigenvalue weighted by Crippen LogP contribution is 2.30. The molecule has 2 aromatic heterocycles. The van der Waals surface area contributed by atoms with Crippen molar-refractivity contribution in [3.05, 3.63) is 78.6 Å². The summed E-state index contributed by atoms with van der Waals surface area (Å²) in [5.41, 5.74) is 2.53. The average Bonchev–Trinajstić information content (AvgIpc) is 3.02. The van der Waals surface area contributed by atoms with Crippen molar-refractivity contribution in [2.24, 2.45) is 0 Å². The third-order valence-electron chi connectivity index (χ3n) is 3.59. The Morgan fingerprint density at radius 3 is 2.50 bits per heavy atom. The van der Waals surface area contributed by atoms with Gasteiger partial charge in [-0.2, -0.15) is 0 Å². The first-order valence-electron chi connectivity index (χ1n) is 7.43. The van der Waals surface area contributed by atoms with Crippen LogP contribution in [0.1, 0.15) is 5.56 Å². The van der Waals surface area contributed by atoms with Gasteiger partial charge in [0.1, 0.15) is 22.7 Å². The lowest BCUT2D eigenvalue weighted by Gasteiger charge is -2.05. The molecule has 0 amide bonds. The number of rotatable bonds is 4. The Hall–Kier alpha value is -2.73. The summed E-state index contributed by atoms with van der Waals surface area (Å²) in [5, 5.41) is 0.823. The van der Waals surface area contributed by atoms with Gasteiger partial charge < -0.3 is 4.57 Å². The number of imidazole rings is 1. The van der Waals surface area contributed by atoms with Crippen LogP contribution < -0.4 is 0 Å². The standard InChI is InChI=1S/C18H13FN4S/c19-14-8-6-13(7-9-14)10-23-12-22-16-17(23)20-11-21-18(16)24-15-4-2-1-3-5-15/h1-9,11-12H,10H2. The third kappa shape index (κ3) is 3.00. The Balaban J connectivity index is 1.67. The van der Waals surface area contributed by atoms with Crippen molar-refractivity contribution in [3.63, 3.8) is 0 Å². The molecule has 0 saturated carbocycles. The highest BCUT2D eigenvalue weighted by molar-refractivity contribution is 7.99. The van der Waals surface area contributed by atoms with Crippen LogP contribution in [0.4, 0.5) is 4.39 Å². The molecule has 2 aromatic carbocycles. The molecule has 0 aliphatic rings. The second kappa shape index (κ2) is 6.41. The molecule has 4 rings (SSSR count). The largest absolute Gasteiger partial charge is 0.311 e. The van der Waals surface area contributed by atoms with Crippen LogP contribution in [-0.2, 0) is 6.54 Å². The topological polar surface area (TPSA) is 43.6 Å². The van der Waals surface area contributed by atoms with Gasteiger partial charge in [-0.15, -0.1) is 0 Å². The first-order valence-corrected chi connectivity index (χ1v) is 8.24. The fraction of sp³-hybridized carbons (Fsp3) is 0.0556. The number of hydrogen-bond donors (Lipinski definition) is 0. The number of fused-ring (bicyclic) bond motifs is 1. The zero-order valence-electron chi connectivity index (χ0n) is 12.6. The smallest absolute Gasteiger partial charge is 0.164 e. The van der Waals surface area contributed by atoms with E-state index < -0.39 is 0 Å². The Bertz CT molecular complexity index is 967. The molecule has 0 radical (unpaired) electrons. The van der Waals surface area contributed by atoms with Gasteiger partial charge in [0.25, 0.3) is 0 Å². The number of nitrogens with zero attached hydrogens (tertiary/aromatic N) is 4. The predicted molar refractivity (Wildman–Crippen MR) is 91.4 cm³/mol. The Morgan fingerprint density at radius 1 is 0.917 bits per heavy atom. The molecule has 0 fully saturated rings. The maximum Gasteiger partial charge on any atom is 0.164 e. The lowest BCUT2D eigenvalue weighted by molar-refractivity contribution is 0.626. The average molecular weight is 336 g/mol. The summed E-state index contributed by atoms with van der Waals surface area (Å²) in [5.74, 6) is -0.238. The fourth-order valence-electron chi connectivity index (χ4n) is 2.44. The predicted octanol–water partition coefficient (Wildman–Crippen LogP) is 4.16. The van der Waals surface area contributed by atoms with E-state index in [0.29, 0.717) is 6.54 Å². The molecule has 0 unspecified atom stereocenters. The zero-order valence-corrected chi connectivity index (χ0v) is 13.4. The van der Waals surface area contributed by atoms with Crippen LogP contribution in [0.3, 0.4) is 0 Å². The maximum absolute atomic E-state index is 13.0. The lowest BCUT2D eigenvalue weighted by atomic mass is 10.2. The van der Waals surface area contributed by atoms with Gasteiger partial charge in [0, 0.05) is 4.90 Å². The highest BCUT2D eigenvalue weighted by Gasteiger charge is 2.11. The van der Waals surface area contributed by atoms with Gasteiger partial charge in [-0.25, -0.2) is 19.3 Å². The van der Waals surface area contributed by atoms with Crippen LogP contribution in [0.25, 0.3) is 11.2 Å². The SMILES string of the molecule is Fc1ccc(Cn2cnc3c(Sc4ccccc4)ncnc32)cc1. The van der Waals surface area contributed by atoms with E-state index in [9.17, 15) is 4.39 Å². The zero-order chi connectivity index (χ0) is 16.4. The molecule has 4 nitrogen and oxygen atoms in total. The fourth-order valence-corrected chi connectivity index (χ4v) is 3.29. The van der Waals surface area contributed by atoms with Crippen LogP contribution in [0, 0.1) is 5.82 Å². The number of halogens is 1. The highest BCUT2D eigenvalue weighted by atomic mass is 32.2. The molecule has 0 aliphatic carbocycles. The molecular weight excluding hydrogens is 323 g/mol. The summed E-state index contributed by atoms with van der Waals surface area (Å²) >= 11 is 1.56. The van der Waals surface area contributed by atoms with Crippen molar-refractivity contribution in [1.82, 2.24) is 19.5 Å². The Labute approximate surface area is 142 Å². The minimum Gasteiger partial charge on any atom is -0.311 e. The molecule has 118 valence electrons. The summed E-state index contributed by atoms with van der Waals surface area (Å²) in [6.45, 7) is 0.587. The minimum absolute atomic E-state index is 0.238. The Morgan fingerprint density at radius 2 is 1.71 bits per heavy atom. The third-order valence-corrected chi connectivity index (χ3v) is 4.59. The van der Waals surface area contributed by atoms with Crippen molar-refractivity contribution in [2.75, 3.05) is 0 Å².